The summed E-state index contributed by atoms with van der Waals surface area (Å²) in [6, 6.07) is 32.7. The van der Waals surface area contributed by atoms with Gasteiger partial charge in [-0.05, 0) is 41.0 Å². The molecule has 0 unspecified atom stereocenters. The van der Waals surface area contributed by atoms with Gasteiger partial charge in [-0.3, -0.25) is 9.59 Å². The van der Waals surface area contributed by atoms with Crippen molar-refractivity contribution in [2.45, 2.75) is 25.6 Å². The zero-order chi connectivity index (χ0) is 26.7. The zero-order valence-electron chi connectivity index (χ0n) is 20.7. The molecular formula is C31H28Cl2N2O3. The normalized spacial score (nSPS) is 11.4. The molecule has 194 valence electrons. The number of ether oxygens (including phenoxy) is 1. The van der Waals surface area contributed by atoms with Gasteiger partial charge in [0.2, 0.25) is 5.91 Å². The second-order valence-corrected chi connectivity index (χ2v) is 9.62. The lowest BCUT2D eigenvalue weighted by Gasteiger charge is -2.31. The maximum Gasteiger partial charge on any atom is 0.261 e. The quantitative estimate of drug-likeness (QED) is 0.239. The molecule has 1 N–H and O–H groups in total. The number of para-hydroxylation sites is 1. The molecule has 0 saturated carbocycles. The number of rotatable bonds is 11. The highest BCUT2D eigenvalue weighted by Crippen LogP contribution is 2.23. The highest BCUT2D eigenvalue weighted by molar-refractivity contribution is 6.32. The van der Waals surface area contributed by atoms with E-state index in [1.165, 1.54) is 0 Å². The summed E-state index contributed by atoms with van der Waals surface area (Å²) in [7, 11) is 0. The van der Waals surface area contributed by atoms with Gasteiger partial charge in [-0.25, -0.2) is 0 Å². The number of hydrogen-bond donors (Lipinski definition) is 1. The van der Waals surface area contributed by atoms with Gasteiger partial charge in [0.1, 0.15) is 11.8 Å². The van der Waals surface area contributed by atoms with Gasteiger partial charge in [0.15, 0.2) is 6.61 Å². The van der Waals surface area contributed by atoms with E-state index in [1.807, 2.05) is 72.8 Å². The van der Waals surface area contributed by atoms with Crippen molar-refractivity contribution < 1.29 is 14.3 Å². The standard InChI is InChI=1S/C31H28Cl2N2O3/c32-26-17-15-24(16-18-26)20-34-31(37)28(19-23-9-3-1-4-10-23)35(21-25-11-5-2-6-12-25)30(36)22-38-29-14-8-7-13-27(29)33/h1-18,28H,19-22H2,(H,34,37)/t28-/m0/s1. The highest BCUT2D eigenvalue weighted by Gasteiger charge is 2.30. The van der Waals surface area contributed by atoms with Crippen molar-refractivity contribution in [1.29, 1.82) is 0 Å². The maximum atomic E-state index is 13.7. The van der Waals surface area contributed by atoms with Gasteiger partial charge < -0.3 is 15.0 Å². The molecule has 0 spiro atoms. The Labute approximate surface area is 233 Å². The van der Waals surface area contributed by atoms with E-state index in [0.29, 0.717) is 28.8 Å². The third-order valence-electron chi connectivity index (χ3n) is 6.03. The highest BCUT2D eigenvalue weighted by atomic mass is 35.5. The van der Waals surface area contributed by atoms with Crippen LogP contribution in [0.3, 0.4) is 0 Å². The average molecular weight is 547 g/mol. The number of carbonyl (C=O) groups is 2. The Kier molecular flexibility index (Phi) is 9.79. The van der Waals surface area contributed by atoms with E-state index in [1.54, 1.807) is 41.3 Å². The fraction of sp³-hybridized carbons (Fsp3) is 0.161. The van der Waals surface area contributed by atoms with Crippen LogP contribution in [0.5, 0.6) is 5.75 Å². The van der Waals surface area contributed by atoms with E-state index < -0.39 is 6.04 Å². The number of nitrogens with one attached hydrogen (secondary N) is 1. The van der Waals surface area contributed by atoms with Crippen LogP contribution in [0.25, 0.3) is 0 Å². The molecule has 0 aliphatic carbocycles. The molecule has 0 fully saturated rings. The molecule has 4 aromatic carbocycles. The molecule has 0 aliphatic heterocycles. The van der Waals surface area contributed by atoms with Crippen molar-refractivity contribution >= 4 is 35.0 Å². The van der Waals surface area contributed by atoms with Crippen LogP contribution >= 0.6 is 23.2 Å². The van der Waals surface area contributed by atoms with Gasteiger partial charge in [-0.1, -0.05) is 108 Å². The molecule has 7 heteroatoms. The minimum Gasteiger partial charge on any atom is -0.482 e. The Bertz CT molecular complexity index is 1330. The number of carbonyl (C=O) groups excluding carboxylic acids is 2. The van der Waals surface area contributed by atoms with Crippen LogP contribution in [-0.4, -0.2) is 29.4 Å². The largest absolute Gasteiger partial charge is 0.482 e. The minimum absolute atomic E-state index is 0.247. The first kappa shape index (κ1) is 27.2. The Morgan fingerprint density at radius 3 is 2.00 bits per heavy atom. The van der Waals surface area contributed by atoms with Gasteiger partial charge >= 0.3 is 0 Å². The summed E-state index contributed by atoms with van der Waals surface area (Å²) in [4.78, 5) is 28.9. The van der Waals surface area contributed by atoms with Crippen LogP contribution in [0.2, 0.25) is 10.0 Å². The van der Waals surface area contributed by atoms with Crippen molar-refractivity contribution in [3.63, 3.8) is 0 Å². The van der Waals surface area contributed by atoms with Crippen LogP contribution in [0.4, 0.5) is 0 Å². The third-order valence-corrected chi connectivity index (χ3v) is 6.60. The van der Waals surface area contributed by atoms with E-state index in [0.717, 1.165) is 16.7 Å². The monoisotopic (exact) mass is 546 g/mol. The molecule has 0 bridgehead atoms. The van der Waals surface area contributed by atoms with Crippen LogP contribution in [0.1, 0.15) is 16.7 Å². The van der Waals surface area contributed by atoms with Gasteiger partial charge in [-0.2, -0.15) is 0 Å². The average Bonchev–Trinajstić information content (AvgIpc) is 2.95. The summed E-state index contributed by atoms with van der Waals surface area (Å²) in [6.07, 6.45) is 0.345. The topological polar surface area (TPSA) is 58.6 Å². The molecule has 4 aromatic rings. The molecule has 1 atom stereocenters. The second-order valence-electron chi connectivity index (χ2n) is 8.78. The molecule has 0 saturated heterocycles. The van der Waals surface area contributed by atoms with E-state index in [-0.39, 0.29) is 25.0 Å². The lowest BCUT2D eigenvalue weighted by atomic mass is 10.0. The lowest BCUT2D eigenvalue weighted by Crippen LogP contribution is -2.51. The fourth-order valence-electron chi connectivity index (χ4n) is 4.03. The summed E-state index contributed by atoms with van der Waals surface area (Å²) in [5, 5.41) is 4.04. The van der Waals surface area contributed by atoms with Gasteiger partial charge in [0.05, 0.1) is 5.02 Å². The summed E-state index contributed by atoms with van der Waals surface area (Å²) >= 11 is 12.2. The van der Waals surface area contributed by atoms with Gasteiger partial charge in [-0.15, -0.1) is 0 Å². The van der Waals surface area contributed by atoms with E-state index in [2.05, 4.69) is 5.32 Å². The summed E-state index contributed by atoms with van der Waals surface area (Å²) in [6.45, 7) is 0.300. The van der Waals surface area contributed by atoms with Crippen molar-refractivity contribution in [3.05, 3.63) is 136 Å². The molecule has 38 heavy (non-hydrogen) atoms. The number of benzene rings is 4. The molecule has 4 rings (SSSR count). The van der Waals surface area contributed by atoms with Gasteiger partial charge in [0, 0.05) is 24.5 Å². The minimum atomic E-state index is -0.771. The van der Waals surface area contributed by atoms with Crippen molar-refractivity contribution in [2.24, 2.45) is 0 Å². The first-order chi connectivity index (χ1) is 18.5. The molecule has 0 heterocycles. The number of nitrogens with zero attached hydrogens (tertiary/aromatic N) is 1. The Morgan fingerprint density at radius 1 is 0.737 bits per heavy atom. The SMILES string of the molecule is O=C(NCc1ccc(Cl)cc1)[C@H](Cc1ccccc1)N(Cc1ccccc1)C(=O)COc1ccccc1Cl. The van der Waals surface area contributed by atoms with Crippen LogP contribution in [0.15, 0.2) is 109 Å². The maximum absolute atomic E-state index is 13.7. The first-order valence-electron chi connectivity index (χ1n) is 12.3. The van der Waals surface area contributed by atoms with E-state index in [9.17, 15) is 9.59 Å². The number of halogens is 2. The molecule has 5 nitrogen and oxygen atoms in total. The van der Waals surface area contributed by atoms with Crippen molar-refractivity contribution in [1.82, 2.24) is 10.2 Å². The molecule has 0 aromatic heterocycles. The predicted octanol–water partition coefficient (Wildman–Crippen LogP) is 6.33. The molecular weight excluding hydrogens is 519 g/mol. The zero-order valence-corrected chi connectivity index (χ0v) is 22.2. The summed E-state index contributed by atoms with van der Waals surface area (Å²) in [5.74, 6) is -0.170. The van der Waals surface area contributed by atoms with Crippen molar-refractivity contribution in [3.8, 4) is 5.75 Å². The van der Waals surface area contributed by atoms with Crippen LogP contribution in [-0.2, 0) is 29.1 Å². The Hall–Kier alpha value is -3.80. The number of hydrogen-bond acceptors (Lipinski definition) is 3. The first-order valence-corrected chi connectivity index (χ1v) is 13.0. The summed E-state index contributed by atoms with van der Waals surface area (Å²) in [5.41, 5.74) is 2.75. The predicted molar refractivity (Wildman–Crippen MR) is 151 cm³/mol. The van der Waals surface area contributed by atoms with Crippen LogP contribution in [0, 0.1) is 0 Å². The lowest BCUT2D eigenvalue weighted by molar-refractivity contribution is -0.142. The smallest absolute Gasteiger partial charge is 0.261 e. The summed E-state index contributed by atoms with van der Waals surface area (Å²) < 4.78 is 5.77. The van der Waals surface area contributed by atoms with Crippen molar-refractivity contribution in [2.75, 3.05) is 6.61 Å². The van der Waals surface area contributed by atoms with E-state index >= 15 is 0 Å². The number of amides is 2. The van der Waals surface area contributed by atoms with Crippen LogP contribution < -0.4 is 10.1 Å². The Morgan fingerprint density at radius 2 is 1.34 bits per heavy atom. The third kappa shape index (κ3) is 7.85. The second kappa shape index (κ2) is 13.7. The molecule has 2 amide bonds. The molecule has 0 aliphatic rings. The van der Waals surface area contributed by atoms with Gasteiger partial charge in [0.25, 0.3) is 5.91 Å². The fourth-order valence-corrected chi connectivity index (χ4v) is 4.34. The Balaban J connectivity index is 1.59. The van der Waals surface area contributed by atoms with E-state index in [4.69, 9.17) is 27.9 Å². The molecule has 0 radical (unpaired) electrons.